The number of hydrogen-bond donors (Lipinski definition) is 0. The predicted molar refractivity (Wildman–Crippen MR) is 49.0 cm³/mol. The van der Waals surface area contributed by atoms with Crippen LogP contribution in [0.4, 0.5) is 0 Å². The van der Waals surface area contributed by atoms with Gasteiger partial charge in [0.25, 0.3) is 0 Å². The number of hydrogen-bond acceptors (Lipinski definition) is 2. The lowest BCUT2D eigenvalue weighted by Gasteiger charge is -2.38. The van der Waals surface area contributed by atoms with Gasteiger partial charge in [-0.2, -0.15) is 0 Å². The fourth-order valence-electron chi connectivity index (χ4n) is 1.27. The van der Waals surface area contributed by atoms with Gasteiger partial charge in [0.1, 0.15) is 0 Å². The number of nitrogens with zero attached hydrogens (tertiary/aromatic N) is 4. The Morgan fingerprint density at radius 1 is 1.77 bits per heavy atom. The van der Waals surface area contributed by atoms with Gasteiger partial charge >= 0.3 is 0 Å². The van der Waals surface area contributed by atoms with Gasteiger partial charge in [0.15, 0.2) is 0 Å². The molecule has 13 heavy (non-hydrogen) atoms. The molecule has 1 aliphatic heterocycles. The lowest BCUT2D eigenvalue weighted by Crippen LogP contribution is -2.54. The Bertz CT molecular complexity index is 241. The number of amides is 1. The Morgan fingerprint density at radius 2 is 2.38 bits per heavy atom. The third-order valence-electron chi connectivity index (χ3n) is 2.42. The summed E-state index contributed by atoms with van der Waals surface area (Å²) in [7, 11) is 0. The monoisotopic (exact) mass is 182 g/mol. The van der Waals surface area contributed by atoms with E-state index in [4.69, 9.17) is 5.53 Å². The van der Waals surface area contributed by atoms with Crippen molar-refractivity contribution in [2.45, 2.75) is 26.3 Å². The average Bonchev–Trinajstić information content (AvgIpc) is 2.08. The quantitative estimate of drug-likeness (QED) is 0.371. The first kappa shape index (κ1) is 9.86. The van der Waals surface area contributed by atoms with Gasteiger partial charge in [-0.1, -0.05) is 19.0 Å². The minimum Gasteiger partial charge on any atom is -0.342 e. The molecule has 5 nitrogen and oxygen atoms in total. The third kappa shape index (κ3) is 2.12. The van der Waals surface area contributed by atoms with Gasteiger partial charge in [-0.15, -0.1) is 0 Å². The fraction of sp³-hybridized carbons (Fsp3) is 0.875. The van der Waals surface area contributed by atoms with Crippen LogP contribution in [0.5, 0.6) is 0 Å². The normalized spacial score (nSPS) is 18.8. The topological polar surface area (TPSA) is 69.1 Å². The van der Waals surface area contributed by atoms with Gasteiger partial charge in [-0.25, -0.2) is 0 Å². The maximum Gasteiger partial charge on any atom is 0.225 e. The van der Waals surface area contributed by atoms with Crippen LogP contribution in [-0.4, -0.2) is 29.9 Å². The lowest BCUT2D eigenvalue weighted by molar-refractivity contribution is -0.139. The highest BCUT2D eigenvalue weighted by molar-refractivity contribution is 5.79. The summed E-state index contributed by atoms with van der Waals surface area (Å²) in [5.74, 6) is 0.263. The van der Waals surface area contributed by atoms with Crippen LogP contribution in [0.25, 0.3) is 10.4 Å². The molecule has 0 aromatic carbocycles. The molecule has 0 radical (unpaired) electrons. The van der Waals surface area contributed by atoms with Crippen molar-refractivity contribution in [3.05, 3.63) is 10.4 Å². The highest BCUT2D eigenvalue weighted by Gasteiger charge is 2.31. The lowest BCUT2D eigenvalue weighted by atomic mass is 10.0. The molecule has 0 aromatic heterocycles. The molecule has 1 amide bonds. The number of carbonyl (C=O) groups is 1. The van der Waals surface area contributed by atoms with E-state index in [1.54, 1.807) is 4.90 Å². The van der Waals surface area contributed by atoms with Crippen LogP contribution >= 0.6 is 0 Å². The summed E-state index contributed by atoms with van der Waals surface area (Å²) >= 11 is 0. The molecule has 0 N–H and O–H groups in total. The third-order valence-corrected chi connectivity index (χ3v) is 2.42. The molecule has 1 heterocycles. The summed E-state index contributed by atoms with van der Waals surface area (Å²) in [5, 5.41) is 3.53. The zero-order chi connectivity index (χ0) is 9.84. The van der Waals surface area contributed by atoms with E-state index >= 15 is 0 Å². The van der Waals surface area contributed by atoms with Crippen molar-refractivity contribution in [3.8, 4) is 0 Å². The Morgan fingerprint density at radius 3 is 2.85 bits per heavy atom. The first-order valence-electron chi connectivity index (χ1n) is 4.52. The molecule has 0 aliphatic carbocycles. The van der Waals surface area contributed by atoms with Crippen LogP contribution < -0.4 is 0 Å². The van der Waals surface area contributed by atoms with E-state index < -0.39 is 0 Å². The molecule has 0 spiro atoms. The van der Waals surface area contributed by atoms with Crippen LogP contribution in [0.2, 0.25) is 0 Å². The van der Waals surface area contributed by atoms with E-state index in [2.05, 4.69) is 10.0 Å². The second kappa shape index (κ2) is 4.14. The van der Waals surface area contributed by atoms with Crippen LogP contribution in [-0.2, 0) is 4.79 Å². The maximum atomic E-state index is 11.5. The van der Waals surface area contributed by atoms with E-state index in [1.807, 2.05) is 13.8 Å². The molecule has 0 saturated carbocycles. The van der Waals surface area contributed by atoms with Crippen molar-refractivity contribution in [1.82, 2.24) is 4.90 Å². The largest absolute Gasteiger partial charge is 0.342 e. The highest BCUT2D eigenvalue weighted by atomic mass is 16.2. The Hall–Kier alpha value is -1.22. The molecule has 1 unspecified atom stereocenters. The van der Waals surface area contributed by atoms with E-state index in [9.17, 15) is 4.79 Å². The maximum absolute atomic E-state index is 11.5. The zero-order valence-electron chi connectivity index (χ0n) is 7.97. The van der Waals surface area contributed by atoms with E-state index in [-0.39, 0.29) is 17.9 Å². The average molecular weight is 182 g/mol. The summed E-state index contributed by atoms with van der Waals surface area (Å²) in [6.07, 6.45) is 0.863. The molecule has 1 saturated heterocycles. The van der Waals surface area contributed by atoms with Gasteiger partial charge in [-0.05, 0) is 12.0 Å². The van der Waals surface area contributed by atoms with E-state index in [0.29, 0.717) is 13.1 Å². The minimum atomic E-state index is -0.00185. The number of likely N-dealkylation sites (tertiary alicyclic amines) is 1. The van der Waals surface area contributed by atoms with Gasteiger partial charge in [0.05, 0.1) is 6.04 Å². The molecule has 1 rings (SSSR count). The van der Waals surface area contributed by atoms with Crippen LogP contribution in [0.1, 0.15) is 20.3 Å². The second-order valence-electron chi connectivity index (χ2n) is 3.41. The molecular formula is C8H14N4O. The standard InChI is InChI=1S/C8H14N4O/c1-3-6(2)8(13)12-4-7(5-12)10-11-9/h6-7H,3-5H2,1-2H3. The first-order valence-corrected chi connectivity index (χ1v) is 4.52. The second-order valence-corrected chi connectivity index (χ2v) is 3.41. The van der Waals surface area contributed by atoms with Crippen LogP contribution in [0.3, 0.4) is 0 Å². The SMILES string of the molecule is CCC(C)C(=O)N1CC(N=[N+]=[N-])C1. The van der Waals surface area contributed by atoms with Crippen molar-refractivity contribution < 1.29 is 4.79 Å². The van der Waals surface area contributed by atoms with Gasteiger partial charge in [0.2, 0.25) is 5.91 Å². The summed E-state index contributed by atoms with van der Waals surface area (Å²) in [4.78, 5) is 15.9. The summed E-state index contributed by atoms with van der Waals surface area (Å²) < 4.78 is 0. The van der Waals surface area contributed by atoms with Gasteiger partial charge in [-0.3, -0.25) is 4.79 Å². The number of rotatable bonds is 3. The summed E-state index contributed by atoms with van der Waals surface area (Å²) in [5.41, 5.74) is 8.14. The van der Waals surface area contributed by atoms with Crippen molar-refractivity contribution in [1.29, 1.82) is 0 Å². The van der Waals surface area contributed by atoms with Crippen molar-refractivity contribution >= 4 is 5.91 Å². The first-order chi connectivity index (χ1) is 6.19. The van der Waals surface area contributed by atoms with Crippen molar-refractivity contribution in [2.75, 3.05) is 13.1 Å². The van der Waals surface area contributed by atoms with Crippen molar-refractivity contribution in [3.63, 3.8) is 0 Å². The van der Waals surface area contributed by atoms with E-state index in [1.165, 1.54) is 0 Å². The van der Waals surface area contributed by atoms with Gasteiger partial charge < -0.3 is 4.90 Å². The molecule has 0 aromatic rings. The Labute approximate surface area is 77.3 Å². The zero-order valence-corrected chi connectivity index (χ0v) is 7.97. The van der Waals surface area contributed by atoms with Crippen LogP contribution in [0.15, 0.2) is 5.11 Å². The van der Waals surface area contributed by atoms with Crippen molar-refractivity contribution in [2.24, 2.45) is 11.0 Å². The number of azide groups is 1. The molecule has 1 fully saturated rings. The van der Waals surface area contributed by atoms with Crippen LogP contribution in [0, 0.1) is 5.92 Å². The Balaban J connectivity index is 2.34. The molecular weight excluding hydrogens is 168 g/mol. The number of carbonyl (C=O) groups excluding carboxylic acids is 1. The van der Waals surface area contributed by atoms with Gasteiger partial charge in [0, 0.05) is 23.9 Å². The minimum absolute atomic E-state index is 0.00185. The molecule has 5 heteroatoms. The molecule has 0 bridgehead atoms. The predicted octanol–water partition coefficient (Wildman–Crippen LogP) is 1.55. The highest BCUT2D eigenvalue weighted by Crippen LogP contribution is 2.16. The van der Waals surface area contributed by atoms with E-state index in [0.717, 1.165) is 6.42 Å². The molecule has 1 aliphatic rings. The smallest absolute Gasteiger partial charge is 0.225 e. The molecule has 1 atom stereocenters. The fourth-order valence-corrected chi connectivity index (χ4v) is 1.27. The molecule has 72 valence electrons. The summed E-state index contributed by atoms with van der Waals surface area (Å²) in [6, 6.07) is -0.00185. The Kier molecular flexibility index (Phi) is 3.14. The summed E-state index contributed by atoms with van der Waals surface area (Å²) in [6.45, 7) is 5.09.